The summed E-state index contributed by atoms with van der Waals surface area (Å²) in [4.78, 5) is 10.1. The van der Waals surface area contributed by atoms with Crippen LogP contribution in [0.4, 0.5) is 0 Å². The Morgan fingerprint density at radius 2 is 2.43 bits per heavy atom. The average Bonchev–Trinajstić information content (AvgIpc) is 1.65. The zero-order chi connectivity index (χ0) is 5.86. The summed E-state index contributed by atoms with van der Waals surface area (Å²) >= 11 is 3.70. The van der Waals surface area contributed by atoms with Crippen molar-refractivity contribution in [3.63, 3.8) is 0 Å². The summed E-state index contributed by atoms with van der Waals surface area (Å²) in [7, 11) is 0. The Labute approximate surface area is 47.1 Å². The minimum Gasteiger partial charge on any atom is -0.289 e. The van der Waals surface area contributed by atoms with Crippen LogP contribution in [0.5, 0.6) is 0 Å². The van der Waals surface area contributed by atoms with Crippen LogP contribution in [-0.2, 0) is 4.79 Å². The highest BCUT2D eigenvalue weighted by molar-refractivity contribution is 7.81. The SMILES string of the molecule is CC(S)C(=O)NO. The Morgan fingerprint density at radius 1 is 2.00 bits per heavy atom. The second-order valence-electron chi connectivity index (χ2n) is 1.15. The van der Waals surface area contributed by atoms with Gasteiger partial charge in [-0.3, -0.25) is 10.0 Å². The smallest absolute Gasteiger partial charge is 0.255 e. The molecule has 0 bridgehead atoms. The van der Waals surface area contributed by atoms with Crippen LogP contribution in [0.1, 0.15) is 6.92 Å². The monoisotopic (exact) mass is 121 g/mol. The molecule has 4 heteroatoms. The first-order valence-electron chi connectivity index (χ1n) is 1.80. The van der Waals surface area contributed by atoms with Crippen LogP contribution in [0.15, 0.2) is 0 Å². The van der Waals surface area contributed by atoms with Crippen LogP contribution in [0, 0.1) is 0 Å². The standard InChI is InChI=1S/C3H7NO2S/c1-2(7)3(5)4-6/h2,6-7H,1H3,(H,4,5). The number of hydrogen-bond donors (Lipinski definition) is 3. The number of thiol groups is 1. The third-order valence-corrected chi connectivity index (χ3v) is 0.724. The molecule has 0 aromatic heterocycles. The summed E-state index contributed by atoms with van der Waals surface area (Å²) in [6, 6.07) is 0. The molecule has 0 aromatic carbocycles. The lowest BCUT2D eigenvalue weighted by molar-refractivity contribution is -0.128. The zero-order valence-corrected chi connectivity index (χ0v) is 4.77. The minimum atomic E-state index is -0.483. The van der Waals surface area contributed by atoms with E-state index in [-0.39, 0.29) is 0 Å². The van der Waals surface area contributed by atoms with Crippen molar-refractivity contribution in [2.75, 3.05) is 0 Å². The van der Waals surface area contributed by atoms with Crippen LogP contribution in [0.3, 0.4) is 0 Å². The molecule has 0 aliphatic rings. The zero-order valence-electron chi connectivity index (χ0n) is 3.88. The van der Waals surface area contributed by atoms with Crippen molar-refractivity contribution in [3.8, 4) is 0 Å². The molecule has 0 saturated carbocycles. The van der Waals surface area contributed by atoms with Crippen LogP contribution in [-0.4, -0.2) is 16.4 Å². The van der Waals surface area contributed by atoms with Gasteiger partial charge in [0.25, 0.3) is 5.91 Å². The second-order valence-corrected chi connectivity index (χ2v) is 1.93. The van der Waals surface area contributed by atoms with E-state index in [2.05, 4.69) is 12.6 Å². The molecule has 0 radical (unpaired) electrons. The van der Waals surface area contributed by atoms with Gasteiger partial charge in [0.05, 0.1) is 5.25 Å². The van der Waals surface area contributed by atoms with Gasteiger partial charge in [0.2, 0.25) is 0 Å². The third-order valence-electron chi connectivity index (χ3n) is 0.490. The van der Waals surface area contributed by atoms with Gasteiger partial charge < -0.3 is 0 Å². The van der Waals surface area contributed by atoms with Crippen molar-refractivity contribution < 1.29 is 10.0 Å². The summed E-state index contributed by atoms with van der Waals surface area (Å²) in [5.74, 6) is -0.483. The van der Waals surface area contributed by atoms with Gasteiger partial charge in [0.1, 0.15) is 0 Å². The molecule has 0 aromatic rings. The Morgan fingerprint density at radius 3 is 2.43 bits per heavy atom. The van der Waals surface area contributed by atoms with Crippen molar-refractivity contribution in [1.82, 2.24) is 5.48 Å². The first-order valence-corrected chi connectivity index (χ1v) is 2.32. The Kier molecular flexibility index (Phi) is 2.78. The Hall–Kier alpha value is -0.220. The van der Waals surface area contributed by atoms with E-state index in [1.54, 1.807) is 6.92 Å². The lowest BCUT2D eigenvalue weighted by atomic mass is 10.5. The van der Waals surface area contributed by atoms with E-state index < -0.39 is 11.2 Å². The number of rotatable bonds is 1. The maximum absolute atomic E-state index is 10.1. The van der Waals surface area contributed by atoms with E-state index in [0.29, 0.717) is 0 Å². The lowest BCUT2D eigenvalue weighted by Gasteiger charge is -1.96. The molecule has 0 fully saturated rings. The van der Waals surface area contributed by atoms with Gasteiger partial charge in [-0.15, -0.1) is 0 Å². The summed E-state index contributed by atoms with van der Waals surface area (Å²) in [5.41, 5.74) is 1.45. The highest BCUT2D eigenvalue weighted by Crippen LogP contribution is 1.88. The van der Waals surface area contributed by atoms with Gasteiger partial charge in [-0.25, -0.2) is 5.48 Å². The predicted octanol–water partition coefficient (Wildman–Crippen LogP) is -0.190. The largest absolute Gasteiger partial charge is 0.289 e. The summed E-state index contributed by atoms with van der Waals surface area (Å²) in [6.07, 6.45) is 0. The fourth-order valence-corrected chi connectivity index (χ4v) is 0.151. The molecule has 0 rings (SSSR count). The molecule has 3 nitrogen and oxygen atoms in total. The van der Waals surface area contributed by atoms with Gasteiger partial charge in [0, 0.05) is 0 Å². The summed E-state index contributed by atoms with van der Waals surface area (Å²) < 4.78 is 0. The highest BCUT2D eigenvalue weighted by atomic mass is 32.1. The molecule has 7 heavy (non-hydrogen) atoms. The van der Waals surface area contributed by atoms with Gasteiger partial charge in [-0.1, -0.05) is 0 Å². The molecular weight excluding hydrogens is 114 g/mol. The molecule has 0 aliphatic heterocycles. The maximum atomic E-state index is 10.1. The molecule has 1 atom stereocenters. The van der Waals surface area contributed by atoms with E-state index in [9.17, 15) is 4.79 Å². The van der Waals surface area contributed by atoms with Crippen molar-refractivity contribution in [2.24, 2.45) is 0 Å². The maximum Gasteiger partial charge on any atom is 0.255 e. The average molecular weight is 121 g/mol. The predicted molar refractivity (Wildman–Crippen MR) is 28.4 cm³/mol. The van der Waals surface area contributed by atoms with Gasteiger partial charge >= 0.3 is 0 Å². The first kappa shape index (κ1) is 6.78. The van der Waals surface area contributed by atoms with Crippen LogP contribution >= 0.6 is 12.6 Å². The molecular formula is C3H7NO2S. The number of hydrogen-bond acceptors (Lipinski definition) is 3. The topological polar surface area (TPSA) is 49.3 Å². The number of amides is 1. The minimum absolute atomic E-state index is 0.440. The number of nitrogens with one attached hydrogen (secondary N) is 1. The van der Waals surface area contributed by atoms with Crippen LogP contribution < -0.4 is 5.48 Å². The van der Waals surface area contributed by atoms with Gasteiger partial charge in [-0.2, -0.15) is 12.6 Å². The first-order chi connectivity index (χ1) is 3.18. The fourth-order valence-electron chi connectivity index (χ4n) is 0.0934. The van der Waals surface area contributed by atoms with Gasteiger partial charge in [0.15, 0.2) is 0 Å². The molecule has 2 N–H and O–H groups in total. The third kappa shape index (κ3) is 2.47. The molecule has 1 amide bonds. The summed E-state index contributed by atoms with van der Waals surface area (Å²) in [5, 5.41) is 7.42. The molecule has 0 spiro atoms. The summed E-state index contributed by atoms with van der Waals surface area (Å²) in [6.45, 7) is 1.56. The Bertz CT molecular complexity index is 73.3. The normalized spacial score (nSPS) is 13.0. The number of carbonyl (C=O) groups is 1. The van der Waals surface area contributed by atoms with Crippen molar-refractivity contribution in [1.29, 1.82) is 0 Å². The molecule has 42 valence electrons. The van der Waals surface area contributed by atoms with Gasteiger partial charge in [-0.05, 0) is 6.92 Å². The van der Waals surface area contributed by atoms with Crippen molar-refractivity contribution in [2.45, 2.75) is 12.2 Å². The molecule has 0 aliphatic carbocycles. The quantitative estimate of drug-likeness (QED) is 0.256. The van der Waals surface area contributed by atoms with E-state index in [1.165, 1.54) is 5.48 Å². The number of carbonyl (C=O) groups excluding carboxylic acids is 1. The fraction of sp³-hybridized carbons (Fsp3) is 0.667. The lowest BCUT2D eigenvalue weighted by Crippen LogP contribution is -2.25. The van der Waals surface area contributed by atoms with Crippen molar-refractivity contribution >= 4 is 18.5 Å². The number of hydroxylamine groups is 1. The van der Waals surface area contributed by atoms with Crippen LogP contribution in [0.2, 0.25) is 0 Å². The van der Waals surface area contributed by atoms with Crippen LogP contribution in [0.25, 0.3) is 0 Å². The van der Waals surface area contributed by atoms with E-state index in [4.69, 9.17) is 5.21 Å². The van der Waals surface area contributed by atoms with Crippen molar-refractivity contribution in [3.05, 3.63) is 0 Å². The Balaban J connectivity index is 3.35. The van der Waals surface area contributed by atoms with E-state index >= 15 is 0 Å². The molecule has 1 unspecified atom stereocenters. The highest BCUT2D eigenvalue weighted by Gasteiger charge is 2.02. The molecule has 0 saturated heterocycles. The van der Waals surface area contributed by atoms with E-state index in [0.717, 1.165) is 0 Å². The van der Waals surface area contributed by atoms with E-state index in [1.807, 2.05) is 0 Å². The molecule has 0 heterocycles. The second kappa shape index (κ2) is 2.87.